The molecule has 1 aliphatic rings. The van der Waals surface area contributed by atoms with Crippen molar-refractivity contribution in [1.29, 1.82) is 0 Å². The van der Waals surface area contributed by atoms with Crippen LogP contribution in [-0.2, 0) is 16.6 Å². The maximum absolute atomic E-state index is 14.0. The average molecular weight is 454 g/mol. The Hall–Kier alpha value is -2.00. The zero-order chi connectivity index (χ0) is 21.9. The molecule has 30 heavy (non-hydrogen) atoms. The van der Waals surface area contributed by atoms with E-state index in [0.29, 0.717) is 48.9 Å². The minimum Gasteiger partial charge on any atom is -0.336 e. The fraction of sp³-hybridized carbons (Fsp3) is 0.381. The molecule has 9 heteroatoms. The van der Waals surface area contributed by atoms with Gasteiger partial charge < -0.3 is 4.90 Å². The summed E-state index contributed by atoms with van der Waals surface area (Å²) >= 11 is 6.11. The van der Waals surface area contributed by atoms with Gasteiger partial charge in [-0.05, 0) is 44.2 Å². The third kappa shape index (κ3) is 5.37. The van der Waals surface area contributed by atoms with Crippen LogP contribution in [0.4, 0.5) is 4.39 Å². The number of sulfonamides is 1. The van der Waals surface area contributed by atoms with Gasteiger partial charge in [0.1, 0.15) is 5.82 Å². The van der Waals surface area contributed by atoms with Gasteiger partial charge in [0.15, 0.2) is 0 Å². The number of piperazine rings is 1. The largest absolute Gasteiger partial charge is 0.336 e. The Morgan fingerprint density at radius 1 is 1.13 bits per heavy atom. The third-order valence-electron chi connectivity index (χ3n) is 4.89. The molecule has 1 fully saturated rings. The molecule has 0 saturated carbocycles. The molecule has 2 aromatic rings. The van der Waals surface area contributed by atoms with Crippen LogP contribution >= 0.6 is 11.6 Å². The van der Waals surface area contributed by atoms with E-state index in [0.717, 1.165) is 0 Å². The Morgan fingerprint density at radius 2 is 1.80 bits per heavy atom. The quantitative estimate of drug-likeness (QED) is 0.729. The first-order valence-electron chi connectivity index (χ1n) is 9.74. The number of benzene rings is 2. The maximum Gasteiger partial charge on any atom is 0.253 e. The topological polar surface area (TPSA) is 69.7 Å². The van der Waals surface area contributed by atoms with Gasteiger partial charge in [-0.15, -0.1) is 0 Å². The van der Waals surface area contributed by atoms with Gasteiger partial charge in [0.25, 0.3) is 5.91 Å². The summed E-state index contributed by atoms with van der Waals surface area (Å²) in [5.41, 5.74) is 0.779. The third-order valence-corrected chi connectivity index (χ3v) is 6.90. The first-order valence-corrected chi connectivity index (χ1v) is 11.6. The standard InChI is InChI=1S/C21H25ClFN3O3S/c1-15(2)24-30(28,29)17-6-3-5-16(13-17)21(27)26-11-9-25(10-12-26)14-18-19(22)7-4-8-20(18)23/h3-8,13,15,24H,9-12,14H2,1-2H3. The van der Waals surface area contributed by atoms with Crippen LogP contribution in [0.15, 0.2) is 47.4 Å². The second-order valence-electron chi connectivity index (χ2n) is 7.57. The van der Waals surface area contributed by atoms with E-state index in [1.165, 1.54) is 18.2 Å². The van der Waals surface area contributed by atoms with E-state index in [-0.39, 0.29) is 22.7 Å². The number of nitrogens with zero attached hydrogens (tertiary/aromatic N) is 2. The molecule has 0 aromatic heterocycles. The number of rotatable bonds is 6. The fourth-order valence-electron chi connectivity index (χ4n) is 3.37. The summed E-state index contributed by atoms with van der Waals surface area (Å²) in [6, 6.07) is 10.4. The summed E-state index contributed by atoms with van der Waals surface area (Å²) in [6.07, 6.45) is 0. The molecule has 2 aromatic carbocycles. The number of hydrogen-bond acceptors (Lipinski definition) is 4. The SMILES string of the molecule is CC(C)NS(=O)(=O)c1cccc(C(=O)N2CCN(Cc3c(F)cccc3Cl)CC2)c1. The second kappa shape index (κ2) is 9.43. The Morgan fingerprint density at radius 3 is 2.43 bits per heavy atom. The number of nitrogens with one attached hydrogen (secondary N) is 1. The van der Waals surface area contributed by atoms with Crippen molar-refractivity contribution in [3.8, 4) is 0 Å². The molecule has 1 amide bonds. The highest BCUT2D eigenvalue weighted by molar-refractivity contribution is 7.89. The molecular weight excluding hydrogens is 429 g/mol. The van der Waals surface area contributed by atoms with Gasteiger partial charge in [0, 0.05) is 54.9 Å². The molecule has 6 nitrogen and oxygen atoms in total. The van der Waals surface area contributed by atoms with Crippen molar-refractivity contribution >= 4 is 27.5 Å². The molecule has 1 heterocycles. The van der Waals surface area contributed by atoms with Crippen molar-refractivity contribution in [1.82, 2.24) is 14.5 Å². The van der Waals surface area contributed by atoms with Crippen LogP contribution < -0.4 is 4.72 Å². The monoisotopic (exact) mass is 453 g/mol. The minimum absolute atomic E-state index is 0.0647. The molecule has 3 rings (SSSR count). The summed E-state index contributed by atoms with van der Waals surface area (Å²) < 4.78 is 41.3. The highest BCUT2D eigenvalue weighted by atomic mass is 35.5. The van der Waals surface area contributed by atoms with Gasteiger partial charge in [0.05, 0.1) is 4.90 Å². The highest BCUT2D eigenvalue weighted by Gasteiger charge is 2.24. The zero-order valence-corrected chi connectivity index (χ0v) is 18.5. The van der Waals surface area contributed by atoms with Gasteiger partial charge in [-0.2, -0.15) is 0 Å². The van der Waals surface area contributed by atoms with Crippen LogP contribution in [0.1, 0.15) is 29.8 Å². The smallest absolute Gasteiger partial charge is 0.253 e. The predicted molar refractivity (Wildman–Crippen MR) is 114 cm³/mol. The number of hydrogen-bond donors (Lipinski definition) is 1. The summed E-state index contributed by atoms with van der Waals surface area (Å²) in [5.74, 6) is -0.561. The van der Waals surface area contributed by atoms with E-state index in [1.54, 1.807) is 43.0 Å². The molecule has 0 unspecified atom stereocenters. The Bertz CT molecular complexity index is 1000. The number of amides is 1. The molecule has 0 bridgehead atoms. The van der Waals surface area contributed by atoms with Crippen molar-refractivity contribution in [2.24, 2.45) is 0 Å². The number of carbonyl (C=O) groups excluding carboxylic acids is 1. The fourth-order valence-corrected chi connectivity index (χ4v) is 4.89. The number of carbonyl (C=O) groups is 1. The van der Waals surface area contributed by atoms with Crippen molar-refractivity contribution in [3.05, 3.63) is 64.4 Å². The van der Waals surface area contributed by atoms with Crippen LogP contribution in [-0.4, -0.2) is 56.3 Å². The van der Waals surface area contributed by atoms with E-state index in [2.05, 4.69) is 4.72 Å². The lowest BCUT2D eigenvalue weighted by atomic mass is 10.1. The molecule has 0 spiro atoms. The molecule has 1 aliphatic heterocycles. The summed E-state index contributed by atoms with van der Waals surface area (Å²) in [5, 5.41) is 0.390. The predicted octanol–water partition coefficient (Wildman–Crippen LogP) is 3.12. The van der Waals surface area contributed by atoms with Gasteiger partial charge in [-0.25, -0.2) is 17.5 Å². The highest BCUT2D eigenvalue weighted by Crippen LogP contribution is 2.22. The Kier molecular flexibility index (Phi) is 7.13. The van der Waals surface area contributed by atoms with Crippen LogP contribution in [0.25, 0.3) is 0 Å². The van der Waals surface area contributed by atoms with Gasteiger partial charge >= 0.3 is 0 Å². The first kappa shape index (κ1) is 22.7. The summed E-state index contributed by atoms with van der Waals surface area (Å²) in [7, 11) is -3.67. The van der Waals surface area contributed by atoms with E-state index in [4.69, 9.17) is 11.6 Å². The van der Waals surface area contributed by atoms with Crippen LogP contribution in [0.3, 0.4) is 0 Å². The van der Waals surface area contributed by atoms with Crippen molar-refractivity contribution in [2.75, 3.05) is 26.2 Å². The van der Waals surface area contributed by atoms with Crippen molar-refractivity contribution < 1.29 is 17.6 Å². The van der Waals surface area contributed by atoms with Crippen LogP contribution in [0.5, 0.6) is 0 Å². The van der Waals surface area contributed by atoms with Gasteiger partial charge in [-0.3, -0.25) is 9.69 Å². The van der Waals surface area contributed by atoms with Crippen molar-refractivity contribution in [2.45, 2.75) is 31.3 Å². The normalized spacial score (nSPS) is 15.6. The zero-order valence-electron chi connectivity index (χ0n) is 16.9. The lowest BCUT2D eigenvalue weighted by Gasteiger charge is -2.35. The molecule has 0 radical (unpaired) electrons. The molecule has 1 saturated heterocycles. The van der Waals surface area contributed by atoms with Crippen LogP contribution in [0.2, 0.25) is 5.02 Å². The molecule has 162 valence electrons. The second-order valence-corrected chi connectivity index (χ2v) is 9.69. The van der Waals surface area contributed by atoms with Crippen LogP contribution in [0, 0.1) is 5.82 Å². The van der Waals surface area contributed by atoms with E-state index in [9.17, 15) is 17.6 Å². The van der Waals surface area contributed by atoms with Crippen molar-refractivity contribution in [3.63, 3.8) is 0 Å². The average Bonchev–Trinajstić information content (AvgIpc) is 2.70. The van der Waals surface area contributed by atoms with Gasteiger partial charge in [-0.1, -0.05) is 23.7 Å². The lowest BCUT2D eigenvalue weighted by molar-refractivity contribution is 0.0627. The van der Waals surface area contributed by atoms with E-state index in [1.807, 2.05) is 4.90 Å². The Labute approximate surface area is 181 Å². The number of halogens is 2. The van der Waals surface area contributed by atoms with Gasteiger partial charge in [0.2, 0.25) is 10.0 Å². The maximum atomic E-state index is 14.0. The van der Waals surface area contributed by atoms with E-state index < -0.39 is 10.0 Å². The summed E-state index contributed by atoms with van der Waals surface area (Å²) in [6.45, 7) is 5.92. The lowest BCUT2D eigenvalue weighted by Crippen LogP contribution is -2.48. The molecule has 0 aliphatic carbocycles. The molecular formula is C21H25ClFN3O3S. The Balaban J connectivity index is 1.65. The molecule has 1 N–H and O–H groups in total. The first-order chi connectivity index (χ1) is 14.2. The summed E-state index contributed by atoms with van der Waals surface area (Å²) in [4.78, 5) is 16.7. The molecule has 0 atom stereocenters. The minimum atomic E-state index is -3.67. The van der Waals surface area contributed by atoms with E-state index >= 15 is 0 Å².